The molecule has 1 atom stereocenters. The first kappa shape index (κ1) is 18.7. The second-order valence-corrected chi connectivity index (χ2v) is 7.74. The minimum absolute atomic E-state index is 0.702. The highest BCUT2D eigenvalue weighted by atomic mass is 16.5. The molecule has 0 saturated carbocycles. The zero-order chi connectivity index (χ0) is 17.6. The van der Waals surface area contributed by atoms with Gasteiger partial charge in [-0.15, -0.1) is 0 Å². The van der Waals surface area contributed by atoms with Gasteiger partial charge in [0.15, 0.2) is 0 Å². The Bertz CT molecular complexity index is 551. The van der Waals surface area contributed by atoms with Crippen LogP contribution >= 0.6 is 0 Å². The largest absolute Gasteiger partial charge is 0.494 e. The molecule has 2 aliphatic rings. The Morgan fingerprint density at radius 2 is 1.84 bits per heavy atom. The molecule has 1 aromatic rings. The maximum absolute atomic E-state index is 6.05. The highest BCUT2D eigenvalue weighted by Crippen LogP contribution is 2.32. The van der Waals surface area contributed by atoms with Crippen LogP contribution in [-0.4, -0.2) is 42.1 Å². The van der Waals surface area contributed by atoms with Crippen molar-refractivity contribution in [2.75, 3.05) is 26.2 Å². The van der Waals surface area contributed by atoms with Crippen LogP contribution in [0.25, 0.3) is 0 Å². The minimum atomic E-state index is 0.702. The summed E-state index contributed by atoms with van der Waals surface area (Å²) < 4.78 is 6.05. The number of benzene rings is 1. The maximum Gasteiger partial charge on any atom is 0.124 e. The van der Waals surface area contributed by atoms with Crippen molar-refractivity contribution in [2.45, 2.75) is 78.4 Å². The van der Waals surface area contributed by atoms with Gasteiger partial charge in [0, 0.05) is 24.7 Å². The van der Waals surface area contributed by atoms with Crippen LogP contribution in [0.1, 0.15) is 69.6 Å². The summed E-state index contributed by atoms with van der Waals surface area (Å²) in [7, 11) is 0. The second-order valence-electron chi connectivity index (χ2n) is 7.74. The predicted octanol–water partition coefficient (Wildman–Crippen LogP) is 4.62. The molecule has 1 aromatic carbocycles. The molecular weight excluding hydrogens is 308 g/mol. The summed E-state index contributed by atoms with van der Waals surface area (Å²) in [4.78, 5) is 5.28. The first-order valence-electron chi connectivity index (χ1n) is 10.5. The van der Waals surface area contributed by atoms with Gasteiger partial charge < -0.3 is 4.74 Å². The van der Waals surface area contributed by atoms with Crippen molar-refractivity contribution in [3.63, 3.8) is 0 Å². The Hall–Kier alpha value is -1.06. The Balaban J connectivity index is 1.84. The summed E-state index contributed by atoms with van der Waals surface area (Å²) in [6.45, 7) is 13.3. The van der Waals surface area contributed by atoms with Crippen molar-refractivity contribution in [3.05, 3.63) is 28.8 Å². The average Bonchev–Trinajstić information content (AvgIpc) is 2.63. The fourth-order valence-electron chi connectivity index (χ4n) is 4.51. The molecule has 1 saturated heterocycles. The number of hydrogen-bond acceptors (Lipinski definition) is 3. The number of rotatable bonds is 7. The van der Waals surface area contributed by atoms with Crippen molar-refractivity contribution in [3.8, 4) is 5.75 Å². The molecule has 140 valence electrons. The van der Waals surface area contributed by atoms with Crippen molar-refractivity contribution in [1.29, 1.82) is 0 Å². The van der Waals surface area contributed by atoms with E-state index in [-0.39, 0.29) is 0 Å². The Morgan fingerprint density at radius 1 is 1.04 bits per heavy atom. The summed E-state index contributed by atoms with van der Waals surface area (Å²) in [5.41, 5.74) is 4.46. The van der Waals surface area contributed by atoms with Gasteiger partial charge in [0.05, 0.1) is 6.61 Å². The third-order valence-corrected chi connectivity index (χ3v) is 5.85. The normalized spacial score (nSPS) is 22.0. The molecular formula is C22H36N2O. The third-order valence-electron chi connectivity index (χ3n) is 5.85. The van der Waals surface area contributed by atoms with Gasteiger partial charge in [0.2, 0.25) is 0 Å². The lowest BCUT2D eigenvalue weighted by Gasteiger charge is -2.37. The van der Waals surface area contributed by atoms with Crippen LogP contribution in [0.3, 0.4) is 0 Å². The summed E-state index contributed by atoms with van der Waals surface area (Å²) in [6.07, 6.45) is 7.76. The van der Waals surface area contributed by atoms with Gasteiger partial charge in [-0.3, -0.25) is 9.80 Å². The number of fused-ring (bicyclic) bond motifs is 1. The molecule has 0 radical (unpaired) electrons. The fourth-order valence-corrected chi connectivity index (χ4v) is 4.51. The second kappa shape index (κ2) is 9.05. The van der Waals surface area contributed by atoms with E-state index in [0.29, 0.717) is 6.04 Å². The van der Waals surface area contributed by atoms with E-state index < -0.39 is 0 Å². The van der Waals surface area contributed by atoms with Crippen molar-refractivity contribution >= 4 is 0 Å². The third kappa shape index (κ3) is 4.57. The lowest BCUT2D eigenvalue weighted by molar-refractivity contribution is 0.166. The number of ether oxygens (including phenoxy) is 1. The van der Waals surface area contributed by atoms with Gasteiger partial charge in [-0.25, -0.2) is 0 Å². The van der Waals surface area contributed by atoms with E-state index >= 15 is 0 Å². The van der Waals surface area contributed by atoms with E-state index in [9.17, 15) is 0 Å². The SMILES string of the molecule is CCCN1Cc2cc(OCC)c(CN3CCCCC3)cc2CC1CC. The molecule has 2 aliphatic heterocycles. The van der Waals surface area contributed by atoms with Crippen molar-refractivity contribution in [1.82, 2.24) is 9.80 Å². The zero-order valence-corrected chi connectivity index (χ0v) is 16.5. The average molecular weight is 345 g/mol. The quantitative estimate of drug-likeness (QED) is 0.718. The Kier molecular flexibility index (Phi) is 6.77. The molecule has 0 aliphatic carbocycles. The summed E-state index contributed by atoms with van der Waals surface area (Å²) in [6, 6.07) is 5.53. The van der Waals surface area contributed by atoms with Crippen LogP contribution in [0.15, 0.2) is 12.1 Å². The van der Waals surface area contributed by atoms with E-state index in [1.807, 2.05) is 0 Å². The van der Waals surface area contributed by atoms with Gasteiger partial charge in [0.25, 0.3) is 0 Å². The number of piperidine rings is 1. The number of nitrogens with zero attached hydrogens (tertiary/aromatic N) is 2. The van der Waals surface area contributed by atoms with E-state index in [0.717, 1.165) is 25.4 Å². The smallest absolute Gasteiger partial charge is 0.124 e. The van der Waals surface area contributed by atoms with E-state index in [1.165, 1.54) is 69.3 Å². The molecule has 3 rings (SSSR count). The fraction of sp³-hybridized carbons (Fsp3) is 0.727. The number of hydrogen-bond donors (Lipinski definition) is 0. The molecule has 0 N–H and O–H groups in total. The van der Waals surface area contributed by atoms with Crippen molar-refractivity contribution in [2.24, 2.45) is 0 Å². The predicted molar refractivity (Wildman–Crippen MR) is 105 cm³/mol. The molecule has 3 nitrogen and oxygen atoms in total. The molecule has 1 unspecified atom stereocenters. The van der Waals surface area contributed by atoms with Crippen LogP contribution in [0, 0.1) is 0 Å². The minimum Gasteiger partial charge on any atom is -0.494 e. The summed E-state index contributed by atoms with van der Waals surface area (Å²) in [5, 5.41) is 0. The number of likely N-dealkylation sites (tertiary alicyclic amines) is 1. The van der Waals surface area contributed by atoms with Crippen molar-refractivity contribution < 1.29 is 4.74 Å². The highest BCUT2D eigenvalue weighted by molar-refractivity contribution is 5.44. The van der Waals surface area contributed by atoms with E-state index in [2.05, 4.69) is 42.7 Å². The standard InChI is InChI=1S/C22H36N2O/c1-4-10-24-17-19-15-22(25-6-3)20(13-18(19)14-21(24)5-2)16-23-11-8-7-9-12-23/h13,15,21H,4-12,14,16-17H2,1-3H3. The molecule has 3 heteroatoms. The van der Waals surface area contributed by atoms with Crippen LogP contribution in [0.5, 0.6) is 5.75 Å². The Labute approximate surface area is 154 Å². The van der Waals surface area contributed by atoms with E-state index in [4.69, 9.17) is 4.74 Å². The molecule has 0 bridgehead atoms. The lowest BCUT2D eigenvalue weighted by Crippen LogP contribution is -2.40. The van der Waals surface area contributed by atoms with Crippen LogP contribution in [0.2, 0.25) is 0 Å². The molecule has 0 amide bonds. The van der Waals surface area contributed by atoms with Gasteiger partial charge in [-0.1, -0.05) is 26.3 Å². The van der Waals surface area contributed by atoms with Gasteiger partial charge >= 0.3 is 0 Å². The first-order chi connectivity index (χ1) is 12.2. The van der Waals surface area contributed by atoms with Gasteiger partial charge in [0.1, 0.15) is 5.75 Å². The molecule has 0 spiro atoms. The Morgan fingerprint density at radius 3 is 2.52 bits per heavy atom. The van der Waals surface area contributed by atoms with Gasteiger partial charge in [-0.2, -0.15) is 0 Å². The molecule has 1 fully saturated rings. The van der Waals surface area contributed by atoms with Gasteiger partial charge in [-0.05, 0) is 75.9 Å². The van der Waals surface area contributed by atoms with Crippen LogP contribution in [0.4, 0.5) is 0 Å². The summed E-state index contributed by atoms with van der Waals surface area (Å²) in [5.74, 6) is 1.12. The highest BCUT2D eigenvalue weighted by Gasteiger charge is 2.26. The maximum atomic E-state index is 6.05. The summed E-state index contributed by atoms with van der Waals surface area (Å²) >= 11 is 0. The molecule has 0 aromatic heterocycles. The monoisotopic (exact) mass is 344 g/mol. The first-order valence-corrected chi connectivity index (χ1v) is 10.5. The zero-order valence-electron chi connectivity index (χ0n) is 16.5. The lowest BCUT2D eigenvalue weighted by atomic mass is 9.90. The molecule has 25 heavy (non-hydrogen) atoms. The van der Waals surface area contributed by atoms with Crippen LogP contribution in [-0.2, 0) is 19.5 Å². The topological polar surface area (TPSA) is 15.7 Å². The molecule has 2 heterocycles. The van der Waals surface area contributed by atoms with E-state index in [1.54, 1.807) is 5.56 Å². The van der Waals surface area contributed by atoms with Crippen LogP contribution < -0.4 is 4.74 Å².